The molecule has 0 heterocycles. The average molecular weight is 414 g/mol. The van der Waals surface area contributed by atoms with Crippen molar-refractivity contribution in [1.29, 1.82) is 0 Å². The normalized spacial score (nSPS) is 11.7. The minimum atomic E-state index is -0.852. The lowest BCUT2D eigenvalue weighted by atomic mass is 10.0. The van der Waals surface area contributed by atoms with E-state index in [9.17, 15) is 9.18 Å². The van der Waals surface area contributed by atoms with Crippen LogP contribution in [0.2, 0.25) is 0 Å². The van der Waals surface area contributed by atoms with E-state index in [1.54, 1.807) is 13.0 Å². The molecule has 3 rings (SSSR count). The number of carbonyl (C=O) groups is 1. The Morgan fingerprint density at radius 3 is 2.46 bits per heavy atom. The van der Waals surface area contributed by atoms with Gasteiger partial charge in [0.2, 0.25) is 0 Å². The van der Waals surface area contributed by atoms with Crippen molar-refractivity contribution in [3.05, 3.63) is 83.1 Å². The molecule has 0 aliphatic heterocycles. The van der Waals surface area contributed by atoms with Crippen LogP contribution >= 0.6 is 15.9 Å². The minimum Gasteiger partial charge on any atom is -0.478 e. The fraction of sp³-hybridized carbons (Fsp3) is 0.0952. The molecule has 0 fully saturated rings. The fourth-order valence-corrected chi connectivity index (χ4v) is 2.84. The van der Waals surface area contributed by atoms with Crippen LogP contribution in [0.15, 0.2) is 77.3 Å². The molecule has 3 nitrogen and oxygen atoms in total. The van der Waals surface area contributed by atoms with Gasteiger partial charge in [-0.3, -0.25) is 4.79 Å². The van der Waals surface area contributed by atoms with Gasteiger partial charge in [0.25, 0.3) is 5.91 Å². The second-order valence-electron chi connectivity index (χ2n) is 5.74. The zero-order valence-corrected chi connectivity index (χ0v) is 15.7. The van der Waals surface area contributed by atoms with E-state index in [0.29, 0.717) is 10.2 Å². The quantitative estimate of drug-likeness (QED) is 0.585. The number of rotatable bonds is 5. The topological polar surface area (TPSA) is 38.3 Å². The summed E-state index contributed by atoms with van der Waals surface area (Å²) in [4.78, 5) is 12.5. The van der Waals surface area contributed by atoms with E-state index in [4.69, 9.17) is 4.74 Å². The Morgan fingerprint density at radius 1 is 1.04 bits per heavy atom. The maximum Gasteiger partial charge on any atom is 0.265 e. The molecule has 0 radical (unpaired) electrons. The summed E-state index contributed by atoms with van der Waals surface area (Å²) in [7, 11) is 0. The van der Waals surface area contributed by atoms with Crippen LogP contribution in [0.4, 0.5) is 10.1 Å². The molecule has 0 aromatic heterocycles. The van der Waals surface area contributed by atoms with Crippen LogP contribution in [-0.2, 0) is 4.79 Å². The molecule has 5 heteroatoms. The van der Waals surface area contributed by atoms with Crippen molar-refractivity contribution in [3.8, 4) is 16.9 Å². The lowest BCUT2D eigenvalue weighted by Crippen LogP contribution is -2.30. The Hall–Kier alpha value is -2.66. The number of nitrogens with one attached hydrogen (secondary N) is 1. The smallest absolute Gasteiger partial charge is 0.265 e. The summed E-state index contributed by atoms with van der Waals surface area (Å²) in [5.41, 5.74) is 2.58. The van der Waals surface area contributed by atoms with Gasteiger partial charge in [-0.2, -0.15) is 0 Å². The molecular formula is C21H17BrFNO2. The van der Waals surface area contributed by atoms with Crippen LogP contribution in [0.5, 0.6) is 5.75 Å². The number of hydrogen-bond acceptors (Lipinski definition) is 2. The first-order chi connectivity index (χ1) is 12.5. The molecule has 1 unspecified atom stereocenters. The van der Waals surface area contributed by atoms with Gasteiger partial charge in [0.1, 0.15) is 0 Å². The van der Waals surface area contributed by atoms with Crippen molar-refractivity contribution in [3.63, 3.8) is 0 Å². The van der Waals surface area contributed by atoms with E-state index in [2.05, 4.69) is 21.2 Å². The van der Waals surface area contributed by atoms with Crippen molar-refractivity contribution < 1.29 is 13.9 Å². The third kappa shape index (κ3) is 4.29. The highest BCUT2D eigenvalue weighted by Gasteiger charge is 2.18. The summed E-state index contributed by atoms with van der Waals surface area (Å²) in [5, 5.41) is 2.86. The van der Waals surface area contributed by atoms with E-state index >= 15 is 0 Å². The van der Waals surface area contributed by atoms with Gasteiger partial charge in [0.05, 0.1) is 0 Å². The summed E-state index contributed by atoms with van der Waals surface area (Å²) in [6.45, 7) is 1.59. The Kier molecular flexibility index (Phi) is 5.68. The van der Waals surface area contributed by atoms with Crippen molar-refractivity contribution in [2.24, 2.45) is 0 Å². The minimum absolute atomic E-state index is 0.0344. The third-order valence-electron chi connectivity index (χ3n) is 3.84. The summed E-state index contributed by atoms with van der Waals surface area (Å²) >= 11 is 3.19. The van der Waals surface area contributed by atoms with Gasteiger partial charge in [-0.05, 0) is 36.8 Å². The molecule has 3 aromatic rings. The Bertz CT molecular complexity index is 915. The molecule has 132 valence electrons. The summed E-state index contributed by atoms with van der Waals surface area (Å²) < 4.78 is 20.0. The van der Waals surface area contributed by atoms with Crippen LogP contribution in [-0.4, -0.2) is 12.0 Å². The van der Waals surface area contributed by atoms with Crippen molar-refractivity contribution in [1.82, 2.24) is 0 Å². The van der Waals surface area contributed by atoms with Gasteiger partial charge in [-0.15, -0.1) is 0 Å². The highest BCUT2D eigenvalue weighted by Crippen LogP contribution is 2.28. The highest BCUT2D eigenvalue weighted by atomic mass is 79.9. The van der Waals surface area contributed by atoms with Crippen LogP contribution in [0.25, 0.3) is 11.1 Å². The van der Waals surface area contributed by atoms with Crippen LogP contribution < -0.4 is 10.1 Å². The van der Waals surface area contributed by atoms with E-state index in [1.165, 1.54) is 12.1 Å². The van der Waals surface area contributed by atoms with Gasteiger partial charge in [-0.25, -0.2) is 4.39 Å². The zero-order chi connectivity index (χ0) is 18.5. The second-order valence-corrected chi connectivity index (χ2v) is 6.65. The first kappa shape index (κ1) is 18.1. The third-order valence-corrected chi connectivity index (χ3v) is 4.33. The number of para-hydroxylation sites is 1. The van der Waals surface area contributed by atoms with Gasteiger partial charge in [0.15, 0.2) is 17.7 Å². The van der Waals surface area contributed by atoms with Crippen LogP contribution in [0, 0.1) is 5.82 Å². The second kappa shape index (κ2) is 8.15. The molecule has 0 aliphatic rings. The molecule has 0 aliphatic carbocycles. The van der Waals surface area contributed by atoms with E-state index < -0.39 is 11.9 Å². The number of carbonyl (C=O) groups excluding carboxylic acids is 1. The molecule has 1 N–H and O–H groups in total. The highest BCUT2D eigenvalue weighted by molar-refractivity contribution is 9.10. The number of benzene rings is 3. The largest absolute Gasteiger partial charge is 0.478 e. The lowest BCUT2D eigenvalue weighted by molar-refractivity contribution is -0.122. The zero-order valence-electron chi connectivity index (χ0n) is 14.1. The van der Waals surface area contributed by atoms with Crippen molar-refractivity contribution in [2.45, 2.75) is 13.0 Å². The average Bonchev–Trinajstić information content (AvgIpc) is 2.65. The van der Waals surface area contributed by atoms with Crippen LogP contribution in [0.1, 0.15) is 6.92 Å². The number of halogens is 2. The maximum absolute atomic E-state index is 13.9. The monoisotopic (exact) mass is 413 g/mol. The Labute approximate surface area is 159 Å². The van der Waals surface area contributed by atoms with Gasteiger partial charge < -0.3 is 10.1 Å². The molecule has 3 aromatic carbocycles. The molecule has 0 saturated carbocycles. The van der Waals surface area contributed by atoms with Gasteiger partial charge in [-0.1, -0.05) is 64.5 Å². The number of hydrogen-bond donors (Lipinski definition) is 1. The molecular weight excluding hydrogens is 397 g/mol. The van der Waals surface area contributed by atoms with Crippen LogP contribution in [0.3, 0.4) is 0 Å². The van der Waals surface area contributed by atoms with E-state index in [1.807, 2.05) is 54.6 Å². The van der Waals surface area contributed by atoms with Crippen molar-refractivity contribution >= 4 is 27.5 Å². The van der Waals surface area contributed by atoms with E-state index in [-0.39, 0.29) is 11.7 Å². The molecule has 0 spiro atoms. The molecule has 26 heavy (non-hydrogen) atoms. The Morgan fingerprint density at radius 2 is 1.73 bits per heavy atom. The molecule has 0 saturated heterocycles. The SMILES string of the molecule is CC(Oc1ccc(Br)cc1F)C(=O)Nc1ccccc1-c1ccccc1. The lowest BCUT2D eigenvalue weighted by Gasteiger charge is -2.17. The predicted molar refractivity (Wildman–Crippen MR) is 105 cm³/mol. The number of anilines is 1. The molecule has 1 amide bonds. The Balaban J connectivity index is 1.76. The first-order valence-electron chi connectivity index (χ1n) is 8.11. The summed E-state index contributed by atoms with van der Waals surface area (Å²) in [6.07, 6.45) is -0.852. The first-order valence-corrected chi connectivity index (χ1v) is 8.91. The fourth-order valence-electron chi connectivity index (χ4n) is 2.51. The standard InChI is InChI=1S/C21H17BrFNO2/c1-14(26-20-12-11-16(22)13-18(20)23)21(25)24-19-10-6-5-9-17(19)15-7-3-2-4-8-15/h2-14H,1H3,(H,24,25). The van der Waals surface area contributed by atoms with Gasteiger partial charge >= 0.3 is 0 Å². The summed E-state index contributed by atoms with van der Waals surface area (Å²) in [6, 6.07) is 21.7. The van der Waals surface area contributed by atoms with Crippen molar-refractivity contribution in [2.75, 3.05) is 5.32 Å². The van der Waals surface area contributed by atoms with Gasteiger partial charge in [0, 0.05) is 15.7 Å². The predicted octanol–water partition coefficient (Wildman–Crippen LogP) is 5.66. The summed E-state index contributed by atoms with van der Waals surface area (Å²) in [5.74, 6) is -0.841. The maximum atomic E-state index is 13.9. The number of amides is 1. The molecule has 0 bridgehead atoms. The molecule has 1 atom stereocenters. The number of ether oxygens (including phenoxy) is 1. The van der Waals surface area contributed by atoms with E-state index in [0.717, 1.165) is 11.1 Å².